The summed E-state index contributed by atoms with van der Waals surface area (Å²) in [6.45, 7) is 2.92. The molecule has 0 saturated heterocycles. The molecule has 1 aromatic rings. The first kappa shape index (κ1) is 10.1. The molecule has 1 N–H and O–H groups in total. The number of rotatable bonds is 4. The third kappa shape index (κ3) is 3.95. The van der Waals surface area contributed by atoms with Gasteiger partial charge in [0.15, 0.2) is 0 Å². The van der Waals surface area contributed by atoms with Gasteiger partial charge in [0.05, 0.1) is 5.02 Å². The summed E-state index contributed by atoms with van der Waals surface area (Å²) in [5, 5.41) is 3.81. The summed E-state index contributed by atoms with van der Waals surface area (Å²) in [5.74, 6) is 0.852. The van der Waals surface area contributed by atoms with E-state index >= 15 is 0 Å². The predicted octanol–water partition coefficient (Wildman–Crippen LogP) is 3.11. The Kier molecular flexibility index (Phi) is 4.33. The van der Waals surface area contributed by atoms with Gasteiger partial charge < -0.3 is 5.32 Å². The van der Waals surface area contributed by atoms with Crippen molar-refractivity contribution >= 4 is 17.4 Å². The number of anilines is 1. The molecule has 0 radical (unpaired) electrons. The molecule has 0 unspecified atom stereocenters. The van der Waals surface area contributed by atoms with Gasteiger partial charge in [-0.15, -0.1) is 0 Å². The highest BCUT2D eigenvalue weighted by atomic mass is 35.5. The van der Waals surface area contributed by atoms with E-state index in [2.05, 4.69) is 29.4 Å². The number of hydrogen-bond acceptors (Lipinski definition) is 2. The van der Waals surface area contributed by atoms with Crippen LogP contribution in [0.2, 0.25) is 5.02 Å². The molecule has 0 fully saturated rings. The van der Waals surface area contributed by atoms with Crippen LogP contribution in [0.3, 0.4) is 0 Å². The molecule has 0 aliphatic carbocycles. The van der Waals surface area contributed by atoms with Crippen LogP contribution in [-0.2, 0) is 0 Å². The van der Waals surface area contributed by atoms with Gasteiger partial charge in [0, 0.05) is 12.7 Å². The second kappa shape index (κ2) is 5.60. The molecule has 0 spiro atoms. The Morgan fingerprint density at radius 3 is 2.92 bits per heavy atom. The Bertz CT molecular complexity index is 267. The van der Waals surface area contributed by atoms with E-state index in [-0.39, 0.29) is 0 Å². The van der Waals surface area contributed by atoms with Gasteiger partial charge in [-0.2, -0.15) is 0 Å². The molecule has 70 valence electrons. The van der Waals surface area contributed by atoms with Crippen LogP contribution in [0.25, 0.3) is 0 Å². The summed E-state index contributed by atoms with van der Waals surface area (Å²) < 4.78 is 0. The SMILES string of the molecule is CC/C=C/CNc1ccc(Cl)cn1. The van der Waals surface area contributed by atoms with Gasteiger partial charge in [-0.1, -0.05) is 30.7 Å². The van der Waals surface area contributed by atoms with Gasteiger partial charge in [-0.3, -0.25) is 0 Å². The number of nitrogens with zero attached hydrogens (tertiary/aromatic N) is 1. The number of halogens is 1. The molecule has 3 heteroatoms. The molecule has 1 aromatic heterocycles. The van der Waals surface area contributed by atoms with Gasteiger partial charge >= 0.3 is 0 Å². The zero-order valence-corrected chi connectivity index (χ0v) is 8.38. The lowest BCUT2D eigenvalue weighted by molar-refractivity contribution is 1.18. The quantitative estimate of drug-likeness (QED) is 0.749. The minimum atomic E-state index is 0.662. The Labute approximate surface area is 83.6 Å². The summed E-state index contributed by atoms with van der Waals surface area (Å²) in [5.41, 5.74) is 0. The first-order valence-electron chi connectivity index (χ1n) is 4.33. The summed E-state index contributed by atoms with van der Waals surface area (Å²) >= 11 is 5.69. The first-order valence-corrected chi connectivity index (χ1v) is 4.71. The lowest BCUT2D eigenvalue weighted by atomic mass is 10.4. The maximum atomic E-state index is 5.69. The highest BCUT2D eigenvalue weighted by molar-refractivity contribution is 6.30. The van der Waals surface area contributed by atoms with Crippen LogP contribution in [0.1, 0.15) is 13.3 Å². The molecule has 0 aliphatic rings. The van der Waals surface area contributed by atoms with E-state index in [9.17, 15) is 0 Å². The van der Waals surface area contributed by atoms with Crippen LogP contribution in [0, 0.1) is 0 Å². The van der Waals surface area contributed by atoms with Gasteiger partial charge in [0.2, 0.25) is 0 Å². The van der Waals surface area contributed by atoms with Crippen molar-refractivity contribution in [3.8, 4) is 0 Å². The smallest absolute Gasteiger partial charge is 0.126 e. The normalized spacial score (nSPS) is 10.6. The van der Waals surface area contributed by atoms with Gasteiger partial charge in [0.1, 0.15) is 5.82 Å². The highest BCUT2D eigenvalue weighted by Gasteiger charge is 1.90. The van der Waals surface area contributed by atoms with Crippen molar-refractivity contribution in [2.75, 3.05) is 11.9 Å². The third-order valence-corrected chi connectivity index (χ3v) is 1.75. The van der Waals surface area contributed by atoms with Crippen molar-refractivity contribution in [3.63, 3.8) is 0 Å². The molecular formula is C10H13ClN2. The second-order valence-corrected chi connectivity index (χ2v) is 3.06. The fourth-order valence-corrected chi connectivity index (χ4v) is 1.01. The molecule has 0 aromatic carbocycles. The fraction of sp³-hybridized carbons (Fsp3) is 0.300. The number of nitrogens with one attached hydrogen (secondary N) is 1. The van der Waals surface area contributed by atoms with E-state index in [4.69, 9.17) is 11.6 Å². The minimum Gasteiger partial charge on any atom is -0.367 e. The summed E-state index contributed by atoms with van der Waals surface area (Å²) in [7, 11) is 0. The average Bonchev–Trinajstić information content (AvgIpc) is 2.15. The van der Waals surface area contributed by atoms with Crippen LogP contribution in [-0.4, -0.2) is 11.5 Å². The van der Waals surface area contributed by atoms with E-state index in [0.29, 0.717) is 5.02 Å². The Morgan fingerprint density at radius 2 is 2.31 bits per heavy atom. The lowest BCUT2D eigenvalue weighted by Gasteiger charge is -2.00. The Hall–Kier alpha value is -1.02. The predicted molar refractivity (Wildman–Crippen MR) is 57.2 cm³/mol. The van der Waals surface area contributed by atoms with Crippen molar-refractivity contribution < 1.29 is 0 Å². The summed E-state index contributed by atoms with van der Waals surface area (Å²) in [6, 6.07) is 3.68. The van der Waals surface area contributed by atoms with E-state index in [1.165, 1.54) is 0 Å². The van der Waals surface area contributed by atoms with E-state index in [0.717, 1.165) is 18.8 Å². The van der Waals surface area contributed by atoms with Gasteiger partial charge in [-0.25, -0.2) is 4.98 Å². The van der Waals surface area contributed by atoms with Crippen molar-refractivity contribution in [1.29, 1.82) is 0 Å². The average molecular weight is 197 g/mol. The molecule has 1 heterocycles. The monoisotopic (exact) mass is 196 g/mol. The Morgan fingerprint density at radius 1 is 1.46 bits per heavy atom. The summed E-state index contributed by atoms with van der Waals surface area (Å²) in [6.07, 6.45) is 6.89. The Balaban J connectivity index is 2.37. The zero-order chi connectivity index (χ0) is 9.52. The molecule has 0 atom stereocenters. The van der Waals surface area contributed by atoms with Crippen molar-refractivity contribution in [2.45, 2.75) is 13.3 Å². The maximum Gasteiger partial charge on any atom is 0.126 e. The summed E-state index contributed by atoms with van der Waals surface area (Å²) in [4.78, 5) is 4.10. The standard InChI is InChI=1S/C10H13ClN2/c1-2-3-4-7-12-10-6-5-9(11)8-13-10/h3-6,8H,2,7H2,1H3,(H,12,13)/b4-3+. The van der Waals surface area contributed by atoms with Crippen molar-refractivity contribution in [2.24, 2.45) is 0 Å². The number of allylic oxidation sites excluding steroid dienone is 1. The molecule has 0 amide bonds. The van der Waals surface area contributed by atoms with Crippen molar-refractivity contribution in [1.82, 2.24) is 4.98 Å². The number of pyridine rings is 1. The van der Waals surface area contributed by atoms with Crippen LogP contribution in [0.5, 0.6) is 0 Å². The lowest BCUT2D eigenvalue weighted by Crippen LogP contribution is -1.99. The van der Waals surface area contributed by atoms with Crippen LogP contribution in [0.15, 0.2) is 30.5 Å². The highest BCUT2D eigenvalue weighted by Crippen LogP contribution is 2.08. The minimum absolute atomic E-state index is 0.662. The molecule has 0 saturated carbocycles. The molecule has 13 heavy (non-hydrogen) atoms. The fourth-order valence-electron chi connectivity index (χ4n) is 0.894. The largest absolute Gasteiger partial charge is 0.367 e. The van der Waals surface area contributed by atoms with E-state index in [1.54, 1.807) is 6.20 Å². The van der Waals surface area contributed by atoms with Gasteiger partial charge in [-0.05, 0) is 18.6 Å². The number of hydrogen-bond donors (Lipinski definition) is 1. The van der Waals surface area contributed by atoms with E-state index in [1.807, 2.05) is 12.1 Å². The van der Waals surface area contributed by atoms with Crippen molar-refractivity contribution in [3.05, 3.63) is 35.5 Å². The molecule has 1 rings (SSSR count). The molecule has 0 aliphatic heterocycles. The van der Waals surface area contributed by atoms with Crippen LogP contribution < -0.4 is 5.32 Å². The second-order valence-electron chi connectivity index (χ2n) is 2.62. The van der Waals surface area contributed by atoms with Crippen LogP contribution in [0.4, 0.5) is 5.82 Å². The first-order chi connectivity index (χ1) is 6.33. The zero-order valence-electron chi connectivity index (χ0n) is 7.63. The molecular weight excluding hydrogens is 184 g/mol. The molecule has 0 bridgehead atoms. The third-order valence-electron chi connectivity index (χ3n) is 1.53. The van der Waals surface area contributed by atoms with E-state index < -0.39 is 0 Å². The van der Waals surface area contributed by atoms with Crippen LogP contribution >= 0.6 is 11.6 Å². The molecule has 2 nitrogen and oxygen atoms in total. The number of aromatic nitrogens is 1. The maximum absolute atomic E-state index is 5.69. The topological polar surface area (TPSA) is 24.9 Å². The van der Waals surface area contributed by atoms with Gasteiger partial charge in [0.25, 0.3) is 0 Å².